The molecule has 1 atom stereocenters. The van der Waals surface area contributed by atoms with Crippen molar-refractivity contribution < 1.29 is 0 Å². The summed E-state index contributed by atoms with van der Waals surface area (Å²) in [6.45, 7) is 5.03. The van der Waals surface area contributed by atoms with E-state index in [0.717, 1.165) is 29.6 Å². The van der Waals surface area contributed by atoms with Crippen LogP contribution in [0.1, 0.15) is 19.7 Å². The van der Waals surface area contributed by atoms with Crippen LogP contribution >= 0.6 is 11.5 Å². The van der Waals surface area contributed by atoms with Crippen molar-refractivity contribution >= 4 is 22.4 Å². The van der Waals surface area contributed by atoms with Gasteiger partial charge in [0.1, 0.15) is 5.82 Å². The van der Waals surface area contributed by atoms with Gasteiger partial charge in [-0.2, -0.15) is 4.37 Å². The molecule has 2 N–H and O–H groups in total. The zero-order valence-corrected chi connectivity index (χ0v) is 11.5. The maximum absolute atomic E-state index is 4.38. The summed E-state index contributed by atoms with van der Waals surface area (Å²) in [4.78, 5) is 4.38. The summed E-state index contributed by atoms with van der Waals surface area (Å²) in [7, 11) is 0. The minimum Gasteiger partial charge on any atom is -0.381 e. The molecule has 0 radical (unpaired) electrons. The molecule has 0 saturated carbocycles. The first kappa shape index (κ1) is 12.8. The quantitative estimate of drug-likeness (QED) is 0.840. The highest BCUT2D eigenvalue weighted by Crippen LogP contribution is 2.12. The Kier molecular flexibility index (Phi) is 4.52. The lowest BCUT2D eigenvalue weighted by atomic mass is 10.2. The molecule has 0 aliphatic rings. The predicted molar refractivity (Wildman–Crippen MR) is 77.3 cm³/mol. The number of anilines is 2. The molecule has 18 heavy (non-hydrogen) atoms. The minimum atomic E-state index is 0.335. The van der Waals surface area contributed by atoms with E-state index in [1.54, 1.807) is 0 Å². The van der Waals surface area contributed by atoms with Crippen LogP contribution in [0.25, 0.3) is 0 Å². The molecule has 0 aliphatic heterocycles. The molecule has 96 valence electrons. The van der Waals surface area contributed by atoms with Crippen LogP contribution in [0.4, 0.5) is 10.8 Å². The molecule has 4 nitrogen and oxygen atoms in total. The number of hydrogen-bond donors (Lipinski definition) is 2. The van der Waals surface area contributed by atoms with Gasteiger partial charge in [-0.1, -0.05) is 25.1 Å². The fourth-order valence-corrected chi connectivity index (χ4v) is 2.24. The molecular formula is C13H18N4S. The second kappa shape index (κ2) is 6.35. The molecule has 0 fully saturated rings. The van der Waals surface area contributed by atoms with Gasteiger partial charge in [-0.25, -0.2) is 4.98 Å². The van der Waals surface area contributed by atoms with E-state index in [4.69, 9.17) is 0 Å². The maximum Gasteiger partial charge on any atom is 0.202 e. The van der Waals surface area contributed by atoms with E-state index in [2.05, 4.69) is 46.0 Å². The van der Waals surface area contributed by atoms with E-state index in [1.807, 2.05) is 18.2 Å². The third kappa shape index (κ3) is 3.70. The van der Waals surface area contributed by atoms with Crippen LogP contribution in [0.2, 0.25) is 0 Å². The van der Waals surface area contributed by atoms with E-state index in [0.29, 0.717) is 6.04 Å². The molecule has 0 aliphatic carbocycles. The van der Waals surface area contributed by atoms with E-state index in [-0.39, 0.29) is 0 Å². The Hall–Kier alpha value is -1.62. The lowest BCUT2D eigenvalue weighted by Crippen LogP contribution is -2.24. The molecule has 0 spiro atoms. The summed E-state index contributed by atoms with van der Waals surface area (Å²) in [6, 6.07) is 10.5. The third-order valence-electron chi connectivity index (χ3n) is 2.53. The van der Waals surface area contributed by atoms with Gasteiger partial charge in [-0.15, -0.1) is 0 Å². The van der Waals surface area contributed by atoms with Crippen molar-refractivity contribution in [2.24, 2.45) is 0 Å². The highest BCUT2D eigenvalue weighted by Gasteiger charge is 2.05. The van der Waals surface area contributed by atoms with Gasteiger partial charge in [0.15, 0.2) is 0 Å². The van der Waals surface area contributed by atoms with E-state index in [9.17, 15) is 0 Å². The van der Waals surface area contributed by atoms with Crippen LogP contribution in [0, 0.1) is 0 Å². The molecule has 0 saturated heterocycles. The van der Waals surface area contributed by atoms with Crippen LogP contribution in [-0.4, -0.2) is 21.9 Å². The summed E-state index contributed by atoms with van der Waals surface area (Å²) in [5, 5.41) is 7.63. The second-order valence-electron chi connectivity index (χ2n) is 4.16. The van der Waals surface area contributed by atoms with Crippen molar-refractivity contribution in [2.45, 2.75) is 26.3 Å². The SMILES string of the molecule is CCc1nsc(NCC(C)Nc2ccccc2)n1. The number of nitrogens with one attached hydrogen (secondary N) is 2. The van der Waals surface area contributed by atoms with E-state index < -0.39 is 0 Å². The van der Waals surface area contributed by atoms with Gasteiger partial charge in [0.05, 0.1) is 0 Å². The van der Waals surface area contributed by atoms with Crippen LogP contribution in [-0.2, 0) is 6.42 Å². The third-order valence-corrected chi connectivity index (χ3v) is 3.24. The van der Waals surface area contributed by atoms with Crippen molar-refractivity contribution in [2.75, 3.05) is 17.2 Å². The maximum atomic E-state index is 4.38. The zero-order valence-electron chi connectivity index (χ0n) is 10.7. The fourth-order valence-electron chi connectivity index (χ4n) is 1.58. The Morgan fingerprint density at radius 3 is 2.72 bits per heavy atom. The first-order valence-electron chi connectivity index (χ1n) is 6.16. The van der Waals surface area contributed by atoms with Gasteiger partial charge in [0, 0.05) is 36.2 Å². The zero-order chi connectivity index (χ0) is 12.8. The van der Waals surface area contributed by atoms with Gasteiger partial charge < -0.3 is 10.6 Å². The van der Waals surface area contributed by atoms with E-state index >= 15 is 0 Å². The van der Waals surface area contributed by atoms with Gasteiger partial charge in [-0.05, 0) is 19.1 Å². The molecule has 0 amide bonds. The van der Waals surface area contributed by atoms with Crippen molar-refractivity contribution in [1.29, 1.82) is 0 Å². The summed E-state index contributed by atoms with van der Waals surface area (Å²) >= 11 is 1.42. The van der Waals surface area contributed by atoms with Crippen molar-refractivity contribution in [3.8, 4) is 0 Å². The molecule has 2 aromatic rings. The molecular weight excluding hydrogens is 244 g/mol. The highest BCUT2D eigenvalue weighted by molar-refractivity contribution is 7.09. The molecule has 0 bridgehead atoms. The monoisotopic (exact) mass is 262 g/mol. The average Bonchev–Trinajstić information content (AvgIpc) is 2.85. The fraction of sp³-hybridized carbons (Fsp3) is 0.385. The normalized spacial score (nSPS) is 12.1. The molecule has 1 heterocycles. The number of nitrogens with zero attached hydrogens (tertiary/aromatic N) is 2. The van der Waals surface area contributed by atoms with Crippen LogP contribution in [0.5, 0.6) is 0 Å². The van der Waals surface area contributed by atoms with Gasteiger partial charge >= 0.3 is 0 Å². The standard InChI is InChI=1S/C13H18N4S/c1-3-12-16-13(18-17-12)14-9-10(2)15-11-7-5-4-6-8-11/h4-8,10,15H,3,9H2,1-2H3,(H,14,16,17). The number of aromatic nitrogens is 2. The lowest BCUT2D eigenvalue weighted by molar-refractivity contribution is 0.833. The van der Waals surface area contributed by atoms with Crippen molar-refractivity contribution in [3.05, 3.63) is 36.2 Å². The van der Waals surface area contributed by atoms with Crippen molar-refractivity contribution in [1.82, 2.24) is 9.36 Å². The first-order chi connectivity index (χ1) is 8.78. The van der Waals surface area contributed by atoms with Crippen LogP contribution in [0.3, 0.4) is 0 Å². The van der Waals surface area contributed by atoms with Crippen LogP contribution < -0.4 is 10.6 Å². The minimum absolute atomic E-state index is 0.335. The number of rotatable bonds is 6. The molecule has 5 heteroatoms. The smallest absolute Gasteiger partial charge is 0.202 e. The number of para-hydroxylation sites is 1. The van der Waals surface area contributed by atoms with Crippen LogP contribution in [0.15, 0.2) is 30.3 Å². The van der Waals surface area contributed by atoms with E-state index in [1.165, 1.54) is 11.5 Å². The molecule has 1 aromatic carbocycles. The first-order valence-corrected chi connectivity index (χ1v) is 6.93. The Labute approximate surface area is 112 Å². The molecule has 2 rings (SSSR count). The molecule has 1 unspecified atom stereocenters. The lowest BCUT2D eigenvalue weighted by Gasteiger charge is -2.15. The summed E-state index contributed by atoms with van der Waals surface area (Å²) in [6.07, 6.45) is 0.885. The Morgan fingerprint density at radius 1 is 1.28 bits per heavy atom. The Balaban J connectivity index is 1.79. The summed E-state index contributed by atoms with van der Waals surface area (Å²) < 4.78 is 4.24. The number of hydrogen-bond acceptors (Lipinski definition) is 5. The Bertz CT molecular complexity index is 469. The molecule has 1 aromatic heterocycles. The summed E-state index contributed by atoms with van der Waals surface area (Å²) in [5.41, 5.74) is 1.14. The average molecular weight is 262 g/mol. The number of aryl methyl sites for hydroxylation is 1. The highest BCUT2D eigenvalue weighted by atomic mass is 32.1. The predicted octanol–water partition coefficient (Wildman–Crippen LogP) is 3.01. The Morgan fingerprint density at radius 2 is 2.06 bits per heavy atom. The summed E-state index contributed by atoms with van der Waals surface area (Å²) in [5.74, 6) is 0.908. The largest absolute Gasteiger partial charge is 0.381 e. The van der Waals surface area contributed by atoms with Crippen molar-refractivity contribution in [3.63, 3.8) is 0 Å². The topological polar surface area (TPSA) is 49.8 Å². The number of benzene rings is 1. The van der Waals surface area contributed by atoms with Gasteiger partial charge in [0.2, 0.25) is 5.13 Å². The second-order valence-corrected chi connectivity index (χ2v) is 4.91. The van der Waals surface area contributed by atoms with Gasteiger partial charge in [-0.3, -0.25) is 0 Å². The van der Waals surface area contributed by atoms with Gasteiger partial charge in [0.25, 0.3) is 0 Å².